The van der Waals surface area contributed by atoms with Crippen molar-refractivity contribution in [2.45, 2.75) is 12.3 Å². The topological polar surface area (TPSA) is 61.8 Å². The summed E-state index contributed by atoms with van der Waals surface area (Å²) in [7, 11) is 4.50. The number of hydrogen-bond acceptors (Lipinski definition) is 5. The Balaban J connectivity index is 1.97. The number of benzene rings is 3. The van der Waals surface area contributed by atoms with Gasteiger partial charge in [0.1, 0.15) is 0 Å². The van der Waals surface area contributed by atoms with Crippen molar-refractivity contribution in [1.29, 1.82) is 0 Å². The first-order valence-electron chi connectivity index (χ1n) is 9.56. The number of ether oxygens (including phenoxy) is 3. The predicted octanol–water partition coefficient (Wildman–Crippen LogP) is 4.95. The number of Topliss-reactive ketones (excluding diaryl/α,β-unsaturated/α-hetero) is 2. The highest BCUT2D eigenvalue weighted by atomic mass is 16.5. The maximum Gasteiger partial charge on any atom is 0.203 e. The van der Waals surface area contributed by atoms with Gasteiger partial charge in [-0.05, 0) is 17.7 Å². The van der Waals surface area contributed by atoms with Crippen LogP contribution in [0.3, 0.4) is 0 Å². The molecule has 1 unspecified atom stereocenters. The largest absolute Gasteiger partial charge is 0.493 e. The molecule has 0 fully saturated rings. The van der Waals surface area contributed by atoms with E-state index in [1.165, 1.54) is 21.3 Å². The highest BCUT2D eigenvalue weighted by Crippen LogP contribution is 2.39. The smallest absolute Gasteiger partial charge is 0.203 e. The summed E-state index contributed by atoms with van der Waals surface area (Å²) in [5, 5.41) is 0. The van der Waals surface area contributed by atoms with Gasteiger partial charge in [-0.25, -0.2) is 0 Å². The van der Waals surface area contributed by atoms with Gasteiger partial charge in [-0.1, -0.05) is 60.7 Å². The summed E-state index contributed by atoms with van der Waals surface area (Å²) in [6.45, 7) is 0. The predicted molar refractivity (Wildman–Crippen MR) is 115 cm³/mol. The molecule has 0 aromatic heterocycles. The molecule has 1 atom stereocenters. The third kappa shape index (κ3) is 4.51. The standard InChI is InChI=1S/C25H24O5/c1-28-22-14-19(15-23(29-2)25(22)30-3)21(26)16-20(17-10-6-4-7-11-17)24(27)18-12-8-5-9-13-18/h4-15,20H,16H2,1-3H3. The van der Waals surface area contributed by atoms with E-state index in [1.807, 2.05) is 48.5 Å². The van der Waals surface area contributed by atoms with Gasteiger partial charge in [0.25, 0.3) is 0 Å². The van der Waals surface area contributed by atoms with E-state index in [0.717, 1.165) is 5.56 Å². The van der Waals surface area contributed by atoms with Gasteiger partial charge in [0, 0.05) is 17.5 Å². The second-order valence-corrected chi connectivity index (χ2v) is 6.73. The number of methoxy groups -OCH3 is 3. The summed E-state index contributed by atoms with van der Waals surface area (Å²) in [6.07, 6.45) is 0.0242. The molecular formula is C25H24O5. The molecule has 3 aromatic carbocycles. The summed E-state index contributed by atoms with van der Waals surface area (Å²) in [6, 6.07) is 21.6. The van der Waals surface area contributed by atoms with Gasteiger partial charge in [-0.3, -0.25) is 9.59 Å². The molecule has 0 aliphatic rings. The zero-order valence-corrected chi connectivity index (χ0v) is 17.3. The fraction of sp³-hybridized carbons (Fsp3) is 0.200. The van der Waals surface area contributed by atoms with Crippen LogP contribution in [0.4, 0.5) is 0 Å². The van der Waals surface area contributed by atoms with Crippen LogP contribution in [0.1, 0.15) is 38.6 Å². The van der Waals surface area contributed by atoms with Crippen molar-refractivity contribution >= 4 is 11.6 Å². The zero-order valence-electron chi connectivity index (χ0n) is 17.3. The Morgan fingerprint density at radius 2 is 1.27 bits per heavy atom. The van der Waals surface area contributed by atoms with Crippen LogP contribution in [0.5, 0.6) is 17.2 Å². The van der Waals surface area contributed by atoms with Crippen molar-refractivity contribution < 1.29 is 23.8 Å². The lowest BCUT2D eigenvalue weighted by molar-refractivity contribution is 0.0893. The first-order valence-corrected chi connectivity index (χ1v) is 9.56. The Bertz CT molecular complexity index is 987. The summed E-state index contributed by atoms with van der Waals surface area (Å²) in [5.41, 5.74) is 1.77. The molecule has 0 saturated carbocycles. The van der Waals surface area contributed by atoms with Crippen LogP contribution in [0.25, 0.3) is 0 Å². The third-order valence-electron chi connectivity index (χ3n) is 4.95. The van der Waals surface area contributed by atoms with Gasteiger partial charge in [0.15, 0.2) is 23.1 Å². The van der Waals surface area contributed by atoms with Crippen LogP contribution in [0.15, 0.2) is 72.8 Å². The SMILES string of the molecule is COc1cc(C(=O)CC(C(=O)c2ccccc2)c2ccccc2)cc(OC)c1OC. The van der Waals surface area contributed by atoms with E-state index in [1.54, 1.807) is 24.3 Å². The number of carbonyl (C=O) groups excluding carboxylic acids is 2. The van der Waals surface area contributed by atoms with Crippen molar-refractivity contribution in [3.63, 3.8) is 0 Å². The van der Waals surface area contributed by atoms with Gasteiger partial charge < -0.3 is 14.2 Å². The molecule has 0 spiro atoms. The van der Waals surface area contributed by atoms with Crippen molar-refractivity contribution in [2.75, 3.05) is 21.3 Å². The monoisotopic (exact) mass is 404 g/mol. The molecule has 154 valence electrons. The van der Waals surface area contributed by atoms with Gasteiger partial charge in [0.05, 0.1) is 27.2 Å². The van der Waals surface area contributed by atoms with Crippen molar-refractivity contribution in [1.82, 2.24) is 0 Å². The fourth-order valence-electron chi connectivity index (χ4n) is 3.40. The van der Waals surface area contributed by atoms with E-state index >= 15 is 0 Å². The lowest BCUT2D eigenvalue weighted by Crippen LogP contribution is -2.17. The van der Waals surface area contributed by atoms with E-state index in [0.29, 0.717) is 28.4 Å². The molecule has 3 rings (SSSR count). The first-order chi connectivity index (χ1) is 14.6. The van der Waals surface area contributed by atoms with Crippen LogP contribution in [-0.2, 0) is 0 Å². The zero-order chi connectivity index (χ0) is 21.5. The van der Waals surface area contributed by atoms with Gasteiger partial charge in [-0.2, -0.15) is 0 Å². The highest BCUT2D eigenvalue weighted by Gasteiger charge is 2.26. The van der Waals surface area contributed by atoms with Crippen LogP contribution in [-0.4, -0.2) is 32.9 Å². The van der Waals surface area contributed by atoms with Crippen LogP contribution >= 0.6 is 0 Å². The minimum absolute atomic E-state index is 0.0242. The number of carbonyl (C=O) groups is 2. The summed E-state index contributed by atoms with van der Waals surface area (Å²) in [5.74, 6) is 0.323. The molecule has 0 aliphatic carbocycles. The molecule has 0 aliphatic heterocycles. The molecule has 5 heteroatoms. The lowest BCUT2D eigenvalue weighted by Gasteiger charge is -2.17. The normalized spacial score (nSPS) is 11.4. The molecule has 0 amide bonds. The second kappa shape index (κ2) is 9.74. The lowest BCUT2D eigenvalue weighted by atomic mass is 9.85. The Morgan fingerprint density at radius 1 is 0.733 bits per heavy atom. The molecule has 3 aromatic rings. The fourth-order valence-corrected chi connectivity index (χ4v) is 3.40. The second-order valence-electron chi connectivity index (χ2n) is 6.73. The average molecular weight is 404 g/mol. The molecule has 0 saturated heterocycles. The first kappa shape index (κ1) is 21.1. The summed E-state index contributed by atoms with van der Waals surface area (Å²) >= 11 is 0. The molecule has 5 nitrogen and oxygen atoms in total. The third-order valence-corrected chi connectivity index (χ3v) is 4.95. The van der Waals surface area contributed by atoms with E-state index in [4.69, 9.17) is 14.2 Å². The molecule has 0 heterocycles. The van der Waals surface area contributed by atoms with Crippen LogP contribution in [0.2, 0.25) is 0 Å². The van der Waals surface area contributed by atoms with E-state index in [-0.39, 0.29) is 18.0 Å². The molecule has 30 heavy (non-hydrogen) atoms. The highest BCUT2D eigenvalue weighted by molar-refractivity contribution is 6.06. The minimum atomic E-state index is -0.597. The minimum Gasteiger partial charge on any atom is -0.493 e. The summed E-state index contributed by atoms with van der Waals surface area (Å²) in [4.78, 5) is 26.4. The van der Waals surface area contributed by atoms with Crippen molar-refractivity contribution in [2.24, 2.45) is 0 Å². The molecule has 0 N–H and O–H groups in total. The van der Waals surface area contributed by atoms with Gasteiger partial charge in [-0.15, -0.1) is 0 Å². The Morgan fingerprint density at radius 3 is 1.77 bits per heavy atom. The quantitative estimate of drug-likeness (QED) is 0.472. The Hall–Kier alpha value is -3.60. The molecule has 0 radical (unpaired) electrons. The van der Waals surface area contributed by atoms with Crippen molar-refractivity contribution in [3.8, 4) is 17.2 Å². The molecule has 0 bridgehead atoms. The maximum atomic E-state index is 13.2. The Kier molecular flexibility index (Phi) is 6.86. The van der Waals surface area contributed by atoms with E-state index in [2.05, 4.69) is 0 Å². The number of hydrogen-bond donors (Lipinski definition) is 0. The van der Waals surface area contributed by atoms with Gasteiger partial charge >= 0.3 is 0 Å². The maximum absolute atomic E-state index is 13.2. The average Bonchev–Trinajstić information content (AvgIpc) is 2.81. The summed E-state index contributed by atoms with van der Waals surface area (Å²) < 4.78 is 16.0. The molecular weight excluding hydrogens is 380 g/mol. The van der Waals surface area contributed by atoms with Crippen LogP contribution < -0.4 is 14.2 Å². The van der Waals surface area contributed by atoms with Gasteiger partial charge in [0.2, 0.25) is 5.75 Å². The Labute approximate surface area is 176 Å². The van der Waals surface area contributed by atoms with E-state index < -0.39 is 5.92 Å². The number of ketones is 2. The van der Waals surface area contributed by atoms with E-state index in [9.17, 15) is 9.59 Å². The number of rotatable bonds is 9. The van der Waals surface area contributed by atoms with Crippen molar-refractivity contribution in [3.05, 3.63) is 89.5 Å². The van der Waals surface area contributed by atoms with Crippen LogP contribution in [0, 0.1) is 0 Å².